The van der Waals surface area contributed by atoms with Crippen LogP contribution < -0.4 is 11.1 Å². The van der Waals surface area contributed by atoms with Gasteiger partial charge in [-0.05, 0) is 23.6 Å². The second kappa shape index (κ2) is 9.38. The highest BCUT2D eigenvalue weighted by molar-refractivity contribution is 14.0. The maximum atomic E-state index is 5.98. The van der Waals surface area contributed by atoms with Crippen LogP contribution in [-0.4, -0.2) is 11.1 Å². The van der Waals surface area contributed by atoms with E-state index < -0.39 is 0 Å². The van der Waals surface area contributed by atoms with Gasteiger partial charge in [-0.15, -0.1) is 24.0 Å². The molecule has 0 aliphatic heterocycles. The molecular weight excluding hydrogens is 439 g/mol. The zero-order valence-electron chi connectivity index (χ0n) is 14.8. The lowest BCUT2D eigenvalue weighted by atomic mass is 10.0. The van der Waals surface area contributed by atoms with Crippen LogP contribution in [0.15, 0.2) is 70.2 Å². The second-order valence-corrected chi connectivity index (χ2v) is 6.16. The minimum atomic E-state index is 0. The number of aliphatic imine (C=N–C) groups is 1. The van der Waals surface area contributed by atoms with Gasteiger partial charge in [0, 0.05) is 17.3 Å². The number of guanidine groups is 1. The van der Waals surface area contributed by atoms with Crippen LogP contribution in [0.3, 0.4) is 0 Å². The Morgan fingerprint density at radius 1 is 1.12 bits per heavy atom. The Morgan fingerprint density at radius 2 is 1.88 bits per heavy atom. The molecule has 1 heterocycles. The van der Waals surface area contributed by atoms with Crippen molar-refractivity contribution in [2.24, 2.45) is 10.7 Å². The summed E-state index contributed by atoms with van der Waals surface area (Å²) in [5.41, 5.74) is 9.88. The minimum absolute atomic E-state index is 0. The highest BCUT2D eigenvalue weighted by atomic mass is 127. The average Bonchev–Trinajstić information content (AvgIpc) is 3.10. The summed E-state index contributed by atoms with van der Waals surface area (Å²) in [6.45, 7) is 4.68. The number of nitrogens with zero attached hydrogens (tertiary/aromatic N) is 2. The Balaban J connectivity index is 0.00000243. The lowest BCUT2D eigenvalue weighted by molar-refractivity contribution is 0.424. The monoisotopic (exact) mass is 462 g/mol. The van der Waals surface area contributed by atoms with Crippen LogP contribution in [0.25, 0.3) is 11.3 Å². The molecule has 2 aromatic carbocycles. The van der Waals surface area contributed by atoms with Crippen molar-refractivity contribution in [3.63, 3.8) is 0 Å². The molecule has 0 aliphatic carbocycles. The van der Waals surface area contributed by atoms with Crippen molar-refractivity contribution in [1.82, 2.24) is 5.16 Å². The molecule has 3 N–H and O–H groups in total. The lowest BCUT2D eigenvalue weighted by Gasteiger charge is -2.09. The Kier molecular flexibility index (Phi) is 7.20. The third kappa shape index (κ3) is 5.32. The first-order valence-corrected chi connectivity index (χ1v) is 8.30. The molecule has 0 bridgehead atoms. The van der Waals surface area contributed by atoms with E-state index in [1.165, 1.54) is 5.56 Å². The van der Waals surface area contributed by atoms with E-state index in [0.29, 0.717) is 18.4 Å². The summed E-state index contributed by atoms with van der Waals surface area (Å²) in [6, 6.07) is 19.9. The topological polar surface area (TPSA) is 76.4 Å². The van der Waals surface area contributed by atoms with Crippen molar-refractivity contribution in [2.45, 2.75) is 26.3 Å². The third-order valence-electron chi connectivity index (χ3n) is 3.85. The SMILES string of the molecule is CC(C)c1cccc(NC(N)=NCc2cc(-c3ccccc3)on2)c1.I. The summed E-state index contributed by atoms with van der Waals surface area (Å²) in [5, 5.41) is 7.16. The van der Waals surface area contributed by atoms with Gasteiger partial charge in [0.15, 0.2) is 11.7 Å². The number of nitrogens with one attached hydrogen (secondary N) is 1. The fraction of sp³-hybridized carbons (Fsp3) is 0.200. The summed E-state index contributed by atoms with van der Waals surface area (Å²) < 4.78 is 5.36. The van der Waals surface area contributed by atoms with E-state index in [0.717, 1.165) is 22.7 Å². The number of hydrogen-bond donors (Lipinski definition) is 2. The summed E-state index contributed by atoms with van der Waals surface area (Å²) in [5.74, 6) is 1.54. The maximum Gasteiger partial charge on any atom is 0.193 e. The van der Waals surface area contributed by atoms with Crippen LogP contribution >= 0.6 is 24.0 Å². The molecule has 3 rings (SSSR count). The van der Waals surface area contributed by atoms with E-state index in [9.17, 15) is 0 Å². The second-order valence-electron chi connectivity index (χ2n) is 6.16. The Morgan fingerprint density at radius 3 is 2.62 bits per heavy atom. The molecule has 0 aliphatic rings. The first-order chi connectivity index (χ1) is 12.1. The molecule has 5 nitrogen and oxygen atoms in total. The molecule has 0 amide bonds. The number of anilines is 1. The molecule has 1 aromatic heterocycles. The van der Waals surface area contributed by atoms with Gasteiger partial charge in [-0.1, -0.05) is 61.5 Å². The van der Waals surface area contributed by atoms with Crippen LogP contribution in [0.5, 0.6) is 0 Å². The van der Waals surface area contributed by atoms with Gasteiger partial charge in [-0.3, -0.25) is 0 Å². The highest BCUT2D eigenvalue weighted by Gasteiger charge is 2.06. The zero-order valence-corrected chi connectivity index (χ0v) is 17.2. The molecule has 0 fully saturated rings. The van der Waals surface area contributed by atoms with Gasteiger partial charge < -0.3 is 15.6 Å². The standard InChI is InChI=1S/C20H22N4O.HI/c1-14(2)16-9-6-10-17(11-16)23-20(21)22-13-18-12-19(25-24-18)15-7-4-3-5-8-15;/h3-12,14H,13H2,1-2H3,(H3,21,22,23);1H. The fourth-order valence-electron chi connectivity index (χ4n) is 2.45. The number of halogens is 1. The van der Waals surface area contributed by atoms with Crippen LogP contribution in [0.4, 0.5) is 5.69 Å². The van der Waals surface area contributed by atoms with Crippen molar-refractivity contribution in [3.8, 4) is 11.3 Å². The number of aromatic nitrogens is 1. The molecule has 0 unspecified atom stereocenters. The largest absolute Gasteiger partial charge is 0.370 e. The van der Waals surface area contributed by atoms with Crippen LogP contribution in [0, 0.1) is 0 Å². The van der Waals surface area contributed by atoms with Crippen LogP contribution in [-0.2, 0) is 6.54 Å². The van der Waals surface area contributed by atoms with Gasteiger partial charge in [0.2, 0.25) is 0 Å². The van der Waals surface area contributed by atoms with E-state index in [4.69, 9.17) is 10.3 Å². The summed E-state index contributed by atoms with van der Waals surface area (Å²) in [6.07, 6.45) is 0. The Hall–Kier alpha value is -2.35. The van der Waals surface area contributed by atoms with Crippen molar-refractivity contribution >= 4 is 35.6 Å². The van der Waals surface area contributed by atoms with Gasteiger partial charge in [0.05, 0.1) is 6.54 Å². The van der Waals surface area contributed by atoms with Crippen molar-refractivity contribution < 1.29 is 4.52 Å². The summed E-state index contributed by atoms with van der Waals surface area (Å²) in [7, 11) is 0. The van der Waals surface area contributed by atoms with Gasteiger partial charge >= 0.3 is 0 Å². The number of benzene rings is 2. The number of nitrogens with two attached hydrogens (primary N) is 1. The van der Waals surface area contributed by atoms with Gasteiger partial charge in [0.1, 0.15) is 5.69 Å². The molecule has 6 heteroatoms. The predicted octanol–water partition coefficient (Wildman–Crippen LogP) is 5.01. The van der Waals surface area contributed by atoms with E-state index in [2.05, 4.69) is 41.4 Å². The molecule has 26 heavy (non-hydrogen) atoms. The van der Waals surface area contributed by atoms with Crippen molar-refractivity contribution in [3.05, 3.63) is 71.9 Å². The van der Waals surface area contributed by atoms with E-state index >= 15 is 0 Å². The molecule has 0 saturated carbocycles. The Labute approximate surface area is 170 Å². The van der Waals surface area contributed by atoms with Gasteiger partial charge in [0.25, 0.3) is 0 Å². The van der Waals surface area contributed by atoms with Crippen LogP contribution in [0.2, 0.25) is 0 Å². The normalized spacial score (nSPS) is 11.3. The minimum Gasteiger partial charge on any atom is -0.370 e. The molecule has 0 radical (unpaired) electrons. The number of hydrogen-bond acceptors (Lipinski definition) is 3. The summed E-state index contributed by atoms with van der Waals surface area (Å²) in [4.78, 5) is 4.33. The molecule has 136 valence electrons. The first-order valence-electron chi connectivity index (χ1n) is 8.30. The maximum absolute atomic E-state index is 5.98. The van der Waals surface area contributed by atoms with Crippen LogP contribution in [0.1, 0.15) is 31.0 Å². The summed E-state index contributed by atoms with van der Waals surface area (Å²) >= 11 is 0. The third-order valence-corrected chi connectivity index (χ3v) is 3.85. The highest BCUT2D eigenvalue weighted by Crippen LogP contribution is 2.20. The number of rotatable bonds is 5. The smallest absolute Gasteiger partial charge is 0.193 e. The first kappa shape index (κ1) is 20.0. The molecule has 0 saturated heterocycles. The predicted molar refractivity (Wildman–Crippen MR) is 117 cm³/mol. The van der Waals surface area contributed by atoms with Crippen molar-refractivity contribution in [1.29, 1.82) is 0 Å². The van der Waals surface area contributed by atoms with Gasteiger partial charge in [-0.25, -0.2) is 4.99 Å². The zero-order chi connectivity index (χ0) is 17.6. The molecule has 3 aromatic rings. The Bertz CT molecular complexity index is 859. The quantitative estimate of drug-likeness (QED) is 0.318. The van der Waals surface area contributed by atoms with E-state index in [1.807, 2.05) is 48.5 Å². The molecular formula is C20H23IN4O. The fourth-order valence-corrected chi connectivity index (χ4v) is 2.45. The van der Waals surface area contributed by atoms with Crippen molar-refractivity contribution in [2.75, 3.05) is 5.32 Å². The van der Waals surface area contributed by atoms with E-state index in [-0.39, 0.29) is 24.0 Å². The lowest BCUT2D eigenvalue weighted by Crippen LogP contribution is -2.22. The average molecular weight is 462 g/mol. The van der Waals surface area contributed by atoms with Gasteiger partial charge in [-0.2, -0.15) is 0 Å². The molecule has 0 spiro atoms. The molecule has 0 atom stereocenters. The van der Waals surface area contributed by atoms with E-state index in [1.54, 1.807) is 0 Å².